The molecular formula is C11H19N5O. The maximum absolute atomic E-state index is 9.39. The van der Waals surface area contributed by atoms with Crippen LogP contribution < -0.4 is 16.4 Å². The first kappa shape index (κ1) is 11.9. The first-order chi connectivity index (χ1) is 8.17. The predicted octanol–water partition coefficient (Wildman–Crippen LogP) is 0.817. The molecule has 0 bridgehead atoms. The molecule has 1 aliphatic carbocycles. The summed E-state index contributed by atoms with van der Waals surface area (Å²) in [6.07, 6.45) is 3.06. The van der Waals surface area contributed by atoms with Gasteiger partial charge in [-0.1, -0.05) is 0 Å². The molecule has 0 saturated heterocycles. The molecule has 1 heterocycles. The number of nitrogens with two attached hydrogens (primary N) is 1. The Morgan fingerprint density at radius 3 is 2.65 bits per heavy atom. The van der Waals surface area contributed by atoms with Gasteiger partial charge in [0.25, 0.3) is 0 Å². The lowest BCUT2D eigenvalue weighted by Crippen LogP contribution is -2.48. The number of aliphatic hydroxyl groups excluding tert-OH is 1. The highest BCUT2D eigenvalue weighted by atomic mass is 16.3. The van der Waals surface area contributed by atoms with Crippen LogP contribution in [0.2, 0.25) is 0 Å². The molecule has 1 aliphatic rings. The van der Waals surface area contributed by atoms with E-state index in [1.54, 1.807) is 0 Å². The molecular weight excluding hydrogens is 218 g/mol. The zero-order valence-electron chi connectivity index (χ0n) is 10.0. The van der Waals surface area contributed by atoms with Crippen molar-refractivity contribution in [3.8, 4) is 0 Å². The van der Waals surface area contributed by atoms with Gasteiger partial charge in [0.05, 0.1) is 12.1 Å². The minimum Gasteiger partial charge on any atom is -0.394 e. The Balaban J connectivity index is 2.14. The van der Waals surface area contributed by atoms with E-state index < -0.39 is 0 Å². The lowest BCUT2D eigenvalue weighted by atomic mass is 9.77. The van der Waals surface area contributed by atoms with Crippen molar-refractivity contribution in [2.75, 3.05) is 29.5 Å². The molecule has 1 saturated carbocycles. The number of nitrogen functional groups attached to an aromatic ring is 1. The van der Waals surface area contributed by atoms with Crippen molar-refractivity contribution in [1.29, 1.82) is 0 Å². The Kier molecular flexibility index (Phi) is 3.33. The molecule has 0 atom stereocenters. The summed E-state index contributed by atoms with van der Waals surface area (Å²) < 4.78 is 0. The fraction of sp³-hybridized carbons (Fsp3) is 0.636. The molecule has 5 N–H and O–H groups in total. The molecule has 6 heteroatoms. The van der Waals surface area contributed by atoms with Crippen LogP contribution in [0.15, 0.2) is 6.07 Å². The minimum absolute atomic E-state index is 0.118. The van der Waals surface area contributed by atoms with E-state index in [4.69, 9.17) is 5.73 Å². The molecule has 0 unspecified atom stereocenters. The third-order valence-electron chi connectivity index (χ3n) is 3.11. The van der Waals surface area contributed by atoms with Crippen LogP contribution in [0, 0.1) is 0 Å². The molecule has 0 spiro atoms. The standard InChI is InChI=1S/C11H19N5O/c1-2-13-8-6-9(15-10(12)14-8)16-11(7-17)4-3-5-11/h6,17H,2-5,7H2,1H3,(H4,12,13,14,15,16). The van der Waals surface area contributed by atoms with Gasteiger partial charge in [-0.15, -0.1) is 0 Å². The Hall–Kier alpha value is -1.56. The topological polar surface area (TPSA) is 96.1 Å². The number of rotatable bonds is 5. The van der Waals surface area contributed by atoms with Crippen molar-refractivity contribution in [2.24, 2.45) is 0 Å². The van der Waals surface area contributed by atoms with Crippen LogP contribution in [0.4, 0.5) is 17.6 Å². The molecule has 0 amide bonds. The number of nitrogens with zero attached hydrogens (tertiary/aromatic N) is 2. The fourth-order valence-corrected chi connectivity index (χ4v) is 2.00. The van der Waals surface area contributed by atoms with Gasteiger partial charge in [0, 0.05) is 12.6 Å². The number of anilines is 3. The van der Waals surface area contributed by atoms with Crippen LogP contribution in [0.3, 0.4) is 0 Å². The van der Waals surface area contributed by atoms with Gasteiger partial charge in [0.1, 0.15) is 11.6 Å². The van der Waals surface area contributed by atoms with Crippen molar-refractivity contribution in [3.05, 3.63) is 6.07 Å². The molecule has 1 aromatic heterocycles. The van der Waals surface area contributed by atoms with Gasteiger partial charge >= 0.3 is 0 Å². The van der Waals surface area contributed by atoms with E-state index in [0.717, 1.165) is 25.8 Å². The highest BCUT2D eigenvalue weighted by Gasteiger charge is 2.36. The quantitative estimate of drug-likeness (QED) is 0.605. The lowest BCUT2D eigenvalue weighted by molar-refractivity contribution is 0.144. The van der Waals surface area contributed by atoms with Gasteiger partial charge in [-0.3, -0.25) is 0 Å². The Bertz CT molecular complexity index is 386. The van der Waals surface area contributed by atoms with E-state index in [9.17, 15) is 5.11 Å². The lowest BCUT2D eigenvalue weighted by Gasteiger charge is -2.41. The van der Waals surface area contributed by atoms with Crippen molar-refractivity contribution >= 4 is 17.6 Å². The minimum atomic E-state index is -0.218. The second-order valence-electron chi connectivity index (χ2n) is 4.44. The highest BCUT2D eigenvalue weighted by molar-refractivity contribution is 5.52. The summed E-state index contributed by atoms with van der Waals surface area (Å²) in [5, 5.41) is 15.7. The normalized spacial score (nSPS) is 17.3. The predicted molar refractivity (Wildman–Crippen MR) is 67.9 cm³/mol. The summed E-state index contributed by atoms with van der Waals surface area (Å²) in [7, 11) is 0. The van der Waals surface area contributed by atoms with E-state index in [1.165, 1.54) is 0 Å². The summed E-state index contributed by atoms with van der Waals surface area (Å²) in [6.45, 7) is 2.89. The average molecular weight is 237 g/mol. The van der Waals surface area contributed by atoms with E-state index in [0.29, 0.717) is 11.6 Å². The van der Waals surface area contributed by atoms with Gasteiger partial charge in [0.15, 0.2) is 0 Å². The smallest absolute Gasteiger partial charge is 0.223 e. The molecule has 6 nitrogen and oxygen atoms in total. The molecule has 1 fully saturated rings. The van der Waals surface area contributed by atoms with Crippen LogP contribution in [0.25, 0.3) is 0 Å². The van der Waals surface area contributed by atoms with Crippen molar-refractivity contribution in [3.63, 3.8) is 0 Å². The van der Waals surface area contributed by atoms with Crippen LogP contribution in [-0.4, -0.2) is 33.8 Å². The van der Waals surface area contributed by atoms with E-state index in [1.807, 2.05) is 13.0 Å². The van der Waals surface area contributed by atoms with Crippen LogP contribution >= 0.6 is 0 Å². The van der Waals surface area contributed by atoms with E-state index in [-0.39, 0.29) is 18.1 Å². The zero-order chi connectivity index (χ0) is 12.3. The monoisotopic (exact) mass is 237 g/mol. The van der Waals surface area contributed by atoms with Gasteiger partial charge in [-0.05, 0) is 26.2 Å². The average Bonchev–Trinajstić information content (AvgIpc) is 2.23. The summed E-state index contributed by atoms with van der Waals surface area (Å²) in [4.78, 5) is 8.21. The van der Waals surface area contributed by atoms with Crippen molar-refractivity contribution in [1.82, 2.24) is 9.97 Å². The van der Waals surface area contributed by atoms with E-state index in [2.05, 4.69) is 20.6 Å². The third kappa shape index (κ3) is 2.58. The SMILES string of the molecule is CCNc1cc(NC2(CO)CCC2)nc(N)n1. The highest BCUT2D eigenvalue weighted by Crippen LogP contribution is 2.34. The second kappa shape index (κ2) is 4.75. The summed E-state index contributed by atoms with van der Waals surface area (Å²) in [6, 6.07) is 1.82. The van der Waals surface area contributed by atoms with Crippen molar-refractivity contribution < 1.29 is 5.11 Å². The van der Waals surface area contributed by atoms with Crippen molar-refractivity contribution in [2.45, 2.75) is 31.7 Å². The summed E-state index contributed by atoms with van der Waals surface area (Å²) in [5.74, 6) is 1.61. The fourth-order valence-electron chi connectivity index (χ4n) is 2.00. The maximum Gasteiger partial charge on any atom is 0.223 e. The first-order valence-electron chi connectivity index (χ1n) is 5.95. The Labute approximate surface area is 101 Å². The second-order valence-corrected chi connectivity index (χ2v) is 4.44. The molecule has 0 radical (unpaired) electrons. The molecule has 17 heavy (non-hydrogen) atoms. The number of nitrogens with one attached hydrogen (secondary N) is 2. The Morgan fingerprint density at radius 2 is 2.12 bits per heavy atom. The summed E-state index contributed by atoms with van der Waals surface area (Å²) in [5.41, 5.74) is 5.43. The molecule has 0 aliphatic heterocycles. The first-order valence-corrected chi connectivity index (χ1v) is 5.95. The molecule has 94 valence electrons. The molecule has 2 rings (SSSR count). The molecule has 1 aromatic rings. The van der Waals surface area contributed by atoms with Gasteiger partial charge in [-0.25, -0.2) is 0 Å². The summed E-state index contributed by atoms with van der Waals surface area (Å²) >= 11 is 0. The maximum atomic E-state index is 9.39. The van der Waals surface area contributed by atoms with Gasteiger partial charge < -0.3 is 21.5 Å². The third-order valence-corrected chi connectivity index (χ3v) is 3.11. The van der Waals surface area contributed by atoms with E-state index >= 15 is 0 Å². The molecule has 0 aromatic carbocycles. The van der Waals surface area contributed by atoms with Crippen LogP contribution in [0.1, 0.15) is 26.2 Å². The van der Waals surface area contributed by atoms with Gasteiger partial charge in [0.2, 0.25) is 5.95 Å². The number of hydrogen-bond acceptors (Lipinski definition) is 6. The largest absolute Gasteiger partial charge is 0.394 e. The van der Waals surface area contributed by atoms with Crippen LogP contribution in [-0.2, 0) is 0 Å². The number of aromatic nitrogens is 2. The zero-order valence-corrected chi connectivity index (χ0v) is 10.0. The van der Waals surface area contributed by atoms with Gasteiger partial charge in [-0.2, -0.15) is 9.97 Å². The Morgan fingerprint density at radius 1 is 1.41 bits per heavy atom. The number of aliphatic hydroxyl groups is 1. The van der Waals surface area contributed by atoms with Crippen LogP contribution in [0.5, 0.6) is 0 Å². The number of hydrogen-bond donors (Lipinski definition) is 4.